The first-order chi connectivity index (χ1) is 16.3. The zero-order valence-electron chi connectivity index (χ0n) is 20.8. The van der Waals surface area contributed by atoms with E-state index in [9.17, 15) is 9.59 Å². The number of benzene rings is 1. The Balaban J connectivity index is 1.68. The molecule has 2 N–H and O–H groups in total. The predicted octanol–water partition coefficient (Wildman–Crippen LogP) is 4.11. The quantitative estimate of drug-likeness (QED) is 0.527. The van der Waals surface area contributed by atoms with Crippen molar-refractivity contribution in [1.29, 1.82) is 0 Å². The molecular formula is C26H37N3O4S. The van der Waals surface area contributed by atoms with Gasteiger partial charge in [-0.3, -0.25) is 14.5 Å². The maximum Gasteiger partial charge on any atom is 0.252 e. The Morgan fingerprint density at radius 1 is 1.12 bits per heavy atom. The molecule has 34 heavy (non-hydrogen) atoms. The van der Waals surface area contributed by atoms with E-state index in [1.807, 2.05) is 13.8 Å². The van der Waals surface area contributed by atoms with Gasteiger partial charge in [0.2, 0.25) is 5.91 Å². The zero-order valence-corrected chi connectivity index (χ0v) is 21.6. The van der Waals surface area contributed by atoms with E-state index in [1.165, 1.54) is 31.9 Å². The largest absolute Gasteiger partial charge is 0.497 e. The minimum atomic E-state index is -0.657. The van der Waals surface area contributed by atoms with Gasteiger partial charge in [-0.2, -0.15) is 0 Å². The smallest absolute Gasteiger partial charge is 0.252 e. The van der Waals surface area contributed by atoms with Crippen LogP contribution in [0.25, 0.3) is 0 Å². The van der Waals surface area contributed by atoms with E-state index in [1.54, 1.807) is 29.5 Å². The maximum atomic E-state index is 13.2. The van der Waals surface area contributed by atoms with Gasteiger partial charge in [0.25, 0.3) is 5.91 Å². The van der Waals surface area contributed by atoms with E-state index in [2.05, 4.69) is 40.0 Å². The van der Waals surface area contributed by atoms with E-state index < -0.39 is 6.04 Å². The highest BCUT2D eigenvalue weighted by Gasteiger charge is 2.29. The van der Waals surface area contributed by atoms with Crippen LogP contribution in [0.3, 0.4) is 0 Å². The van der Waals surface area contributed by atoms with Gasteiger partial charge in [0.15, 0.2) is 0 Å². The molecule has 0 spiro atoms. The van der Waals surface area contributed by atoms with Crippen LogP contribution in [-0.2, 0) is 4.79 Å². The lowest BCUT2D eigenvalue weighted by atomic mass is 9.97. The zero-order chi connectivity index (χ0) is 24.7. The molecule has 1 fully saturated rings. The van der Waals surface area contributed by atoms with Crippen LogP contribution < -0.4 is 20.1 Å². The van der Waals surface area contributed by atoms with Crippen molar-refractivity contribution in [2.24, 2.45) is 11.8 Å². The van der Waals surface area contributed by atoms with Crippen molar-refractivity contribution in [1.82, 2.24) is 15.5 Å². The van der Waals surface area contributed by atoms with Crippen molar-refractivity contribution in [2.75, 3.05) is 33.9 Å². The molecule has 0 radical (unpaired) electrons. The van der Waals surface area contributed by atoms with Gasteiger partial charge >= 0.3 is 0 Å². The Hall–Kier alpha value is -2.58. The average Bonchev–Trinajstić information content (AvgIpc) is 3.37. The Kier molecular flexibility index (Phi) is 9.36. The molecule has 0 aliphatic carbocycles. The van der Waals surface area contributed by atoms with Crippen LogP contribution in [-0.4, -0.2) is 56.6 Å². The Labute approximate surface area is 206 Å². The normalized spacial score (nSPS) is 16.6. The van der Waals surface area contributed by atoms with Gasteiger partial charge in [-0.05, 0) is 61.3 Å². The van der Waals surface area contributed by atoms with Gasteiger partial charge in [0.1, 0.15) is 17.5 Å². The highest BCUT2D eigenvalue weighted by molar-refractivity contribution is 7.10. The number of amides is 2. The number of hydrogen-bond donors (Lipinski definition) is 2. The number of carbonyl (C=O) groups is 2. The second kappa shape index (κ2) is 12.2. The van der Waals surface area contributed by atoms with E-state index >= 15 is 0 Å². The molecule has 3 rings (SSSR count). The molecule has 2 heterocycles. The molecular weight excluding hydrogens is 450 g/mol. The van der Waals surface area contributed by atoms with E-state index in [-0.39, 0.29) is 23.8 Å². The summed E-state index contributed by atoms with van der Waals surface area (Å²) in [5.74, 6) is 1.18. The summed E-state index contributed by atoms with van der Waals surface area (Å²) in [6.45, 7) is 8.73. The van der Waals surface area contributed by atoms with E-state index in [4.69, 9.17) is 9.47 Å². The van der Waals surface area contributed by atoms with E-state index in [0.717, 1.165) is 19.0 Å². The molecule has 0 saturated carbocycles. The number of likely N-dealkylation sites (tertiary alicyclic amines) is 1. The van der Waals surface area contributed by atoms with Gasteiger partial charge in [-0.1, -0.05) is 26.8 Å². The SMILES string of the molecule is COc1cc(OC)cc(C(=O)NC(C(=O)NCC(c2cccs2)N2CCC(C)CC2)C(C)C)c1. The number of carbonyl (C=O) groups excluding carboxylic acids is 2. The lowest BCUT2D eigenvalue weighted by Gasteiger charge is -2.36. The summed E-state index contributed by atoms with van der Waals surface area (Å²) in [5, 5.41) is 8.11. The fourth-order valence-corrected chi connectivity index (χ4v) is 5.10. The van der Waals surface area contributed by atoms with Crippen LogP contribution in [0.5, 0.6) is 11.5 Å². The molecule has 1 aliphatic rings. The molecule has 2 atom stereocenters. The molecule has 2 amide bonds. The maximum absolute atomic E-state index is 13.2. The number of piperidine rings is 1. The number of thiophene rings is 1. The summed E-state index contributed by atoms with van der Waals surface area (Å²) in [5.41, 5.74) is 0.383. The first-order valence-electron chi connectivity index (χ1n) is 11.9. The lowest BCUT2D eigenvalue weighted by Crippen LogP contribution is -2.51. The monoisotopic (exact) mass is 487 g/mol. The summed E-state index contributed by atoms with van der Waals surface area (Å²) in [6, 6.07) is 8.65. The van der Waals surface area contributed by atoms with Gasteiger partial charge in [-0.25, -0.2) is 0 Å². The number of rotatable bonds is 10. The molecule has 8 heteroatoms. The Morgan fingerprint density at radius 2 is 1.76 bits per heavy atom. The van der Waals surface area contributed by atoms with Gasteiger partial charge in [-0.15, -0.1) is 11.3 Å². The Bertz CT molecular complexity index is 917. The lowest BCUT2D eigenvalue weighted by molar-refractivity contribution is -0.124. The Morgan fingerprint density at radius 3 is 2.29 bits per heavy atom. The van der Waals surface area contributed by atoms with Crippen LogP contribution >= 0.6 is 11.3 Å². The highest BCUT2D eigenvalue weighted by Crippen LogP contribution is 2.29. The third kappa shape index (κ3) is 6.73. The third-order valence-corrected chi connectivity index (χ3v) is 7.42. The third-order valence-electron chi connectivity index (χ3n) is 6.45. The first-order valence-corrected chi connectivity index (χ1v) is 12.8. The van der Waals surface area contributed by atoms with Crippen LogP contribution in [0, 0.1) is 11.8 Å². The van der Waals surface area contributed by atoms with E-state index in [0.29, 0.717) is 23.6 Å². The summed E-state index contributed by atoms with van der Waals surface area (Å²) in [6.07, 6.45) is 2.34. The molecule has 0 bridgehead atoms. The number of ether oxygens (including phenoxy) is 2. The van der Waals surface area contributed by atoms with Crippen molar-refractivity contribution >= 4 is 23.2 Å². The second-order valence-electron chi connectivity index (χ2n) is 9.29. The average molecular weight is 488 g/mol. The van der Waals surface area contributed by atoms with Crippen LogP contribution in [0.4, 0.5) is 0 Å². The number of nitrogens with one attached hydrogen (secondary N) is 2. The van der Waals surface area contributed by atoms with Crippen LogP contribution in [0.2, 0.25) is 0 Å². The molecule has 7 nitrogen and oxygen atoms in total. The van der Waals surface area contributed by atoms with Crippen molar-refractivity contribution in [3.05, 3.63) is 46.2 Å². The second-order valence-corrected chi connectivity index (χ2v) is 10.3. The number of nitrogens with zero attached hydrogens (tertiary/aromatic N) is 1. The highest BCUT2D eigenvalue weighted by atomic mass is 32.1. The minimum absolute atomic E-state index is 0.0764. The molecule has 1 aliphatic heterocycles. The first kappa shape index (κ1) is 26.0. The van der Waals surface area contributed by atoms with Crippen molar-refractivity contribution in [2.45, 2.75) is 45.7 Å². The molecule has 1 aromatic heterocycles. The van der Waals surface area contributed by atoms with Crippen LogP contribution in [0.1, 0.15) is 54.9 Å². The van der Waals surface area contributed by atoms with Gasteiger partial charge in [0.05, 0.1) is 20.3 Å². The van der Waals surface area contributed by atoms with Gasteiger partial charge < -0.3 is 20.1 Å². The molecule has 1 saturated heterocycles. The van der Waals surface area contributed by atoms with Crippen LogP contribution in [0.15, 0.2) is 35.7 Å². The summed E-state index contributed by atoms with van der Waals surface area (Å²) in [7, 11) is 3.07. The fraction of sp³-hybridized carbons (Fsp3) is 0.538. The van der Waals surface area contributed by atoms with Crippen molar-refractivity contribution < 1.29 is 19.1 Å². The molecule has 1 aromatic carbocycles. The standard InChI is InChI=1S/C26H37N3O4S/c1-17(2)24(28-25(30)19-13-20(32-4)15-21(14-19)33-5)26(31)27-16-22(23-7-6-12-34-23)29-10-8-18(3)9-11-29/h6-7,12-15,17-18,22,24H,8-11,16H2,1-5H3,(H,27,31)(H,28,30). The summed E-state index contributed by atoms with van der Waals surface area (Å²) < 4.78 is 10.5. The predicted molar refractivity (Wildman–Crippen MR) is 136 cm³/mol. The molecule has 2 aromatic rings. The molecule has 2 unspecified atom stereocenters. The molecule has 186 valence electrons. The van der Waals surface area contributed by atoms with Crippen molar-refractivity contribution in [3.63, 3.8) is 0 Å². The number of methoxy groups -OCH3 is 2. The van der Waals surface area contributed by atoms with Crippen molar-refractivity contribution in [3.8, 4) is 11.5 Å². The topological polar surface area (TPSA) is 79.9 Å². The minimum Gasteiger partial charge on any atom is -0.497 e. The summed E-state index contributed by atoms with van der Waals surface area (Å²) in [4.78, 5) is 29.9. The fourth-order valence-electron chi connectivity index (χ4n) is 4.24. The summed E-state index contributed by atoms with van der Waals surface area (Å²) >= 11 is 1.72. The number of hydrogen-bond acceptors (Lipinski definition) is 6. The van der Waals surface area contributed by atoms with Gasteiger partial charge in [0, 0.05) is 23.1 Å².